The largest absolute Gasteiger partial charge is 0.444 e. The normalized spacial score (nSPS) is 12.4. The summed E-state index contributed by atoms with van der Waals surface area (Å²) in [6, 6.07) is 10.4. The molecule has 0 bridgehead atoms. The molecule has 1 heterocycles. The number of alkyl halides is 3. The fraction of sp³-hybridized carbons (Fsp3) is 0.143. The monoisotopic (exact) mass is 547 g/mol. The van der Waals surface area contributed by atoms with Gasteiger partial charge in [-0.05, 0) is 58.5 Å². The molecule has 3 N–H and O–H groups in total. The predicted molar refractivity (Wildman–Crippen MR) is 111 cm³/mol. The zero-order valence-corrected chi connectivity index (χ0v) is 18.4. The van der Waals surface area contributed by atoms with Crippen LogP contribution < -0.4 is 16.0 Å². The quantitative estimate of drug-likeness (QED) is 0.277. The van der Waals surface area contributed by atoms with Crippen molar-refractivity contribution in [2.24, 2.45) is 0 Å². The lowest BCUT2D eigenvalue weighted by Crippen LogP contribution is -2.56. The van der Waals surface area contributed by atoms with Crippen molar-refractivity contribution in [2.75, 3.05) is 5.32 Å². The summed E-state index contributed by atoms with van der Waals surface area (Å²) in [6.45, 7) is 0. The third-order valence-electron chi connectivity index (χ3n) is 2.76. The lowest BCUT2D eigenvalue weighted by Gasteiger charge is -2.27. The Bertz CT molecular complexity index is 783. The molecule has 1 atom stereocenters. The minimum absolute atomic E-state index is 0.0544. The van der Waals surface area contributed by atoms with Gasteiger partial charge in [0.15, 0.2) is 15.5 Å². The van der Waals surface area contributed by atoms with E-state index in [1.54, 1.807) is 6.07 Å². The van der Waals surface area contributed by atoms with Crippen molar-refractivity contribution in [1.29, 1.82) is 0 Å². The van der Waals surface area contributed by atoms with E-state index in [1.165, 1.54) is 6.07 Å². The number of carbonyl (C=O) groups is 1. The molecule has 2 rings (SSSR count). The van der Waals surface area contributed by atoms with Crippen LogP contribution in [0.5, 0.6) is 0 Å². The van der Waals surface area contributed by atoms with Gasteiger partial charge in [0, 0.05) is 10.2 Å². The van der Waals surface area contributed by atoms with Gasteiger partial charge in [-0.25, -0.2) is 0 Å². The molecule has 1 aromatic carbocycles. The van der Waals surface area contributed by atoms with Crippen molar-refractivity contribution in [3.8, 4) is 0 Å². The van der Waals surface area contributed by atoms with E-state index < -0.39 is 15.9 Å². The summed E-state index contributed by atoms with van der Waals surface area (Å²) >= 11 is 29.5. The average Bonchev–Trinajstić information content (AvgIpc) is 2.92. The van der Waals surface area contributed by atoms with Crippen molar-refractivity contribution >= 4 is 95.6 Å². The number of hydrogen-bond acceptors (Lipinski definition) is 3. The summed E-state index contributed by atoms with van der Waals surface area (Å²) in [5.41, 5.74) is 0.719. The number of benzene rings is 1. The van der Waals surface area contributed by atoms with Crippen LogP contribution in [0.4, 0.5) is 5.69 Å². The average molecular weight is 550 g/mol. The van der Waals surface area contributed by atoms with Crippen LogP contribution in [0.1, 0.15) is 10.6 Å². The van der Waals surface area contributed by atoms with Gasteiger partial charge in [0.1, 0.15) is 6.17 Å². The highest BCUT2D eigenvalue weighted by Crippen LogP contribution is 2.29. The molecule has 0 radical (unpaired) electrons. The molecule has 1 unspecified atom stereocenters. The number of anilines is 1. The predicted octanol–water partition coefficient (Wildman–Crippen LogP) is 5.22. The summed E-state index contributed by atoms with van der Waals surface area (Å²) in [6.07, 6.45) is -1.10. The molecule has 134 valence electrons. The van der Waals surface area contributed by atoms with Gasteiger partial charge in [0.2, 0.25) is 3.79 Å². The van der Waals surface area contributed by atoms with Crippen LogP contribution in [-0.2, 0) is 0 Å². The number of carbonyl (C=O) groups excluding carboxylic acids is 1. The van der Waals surface area contributed by atoms with Gasteiger partial charge >= 0.3 is 0 Å². The lowest BCUT2D eigenvalue weighted by atomic mass is 10.3. The Morgan fingerprint density at radius 1 is 1.16 bits per heavy atom. The summed E-state index contributed by atoms with van der Waals surface area (Å²) in [4.78, 5) is 12.2. The van der Waals surface area contributed by atoms with Crippen LogP contribution in [0.2, 0.25) is 0 Å². The molecule has 0 spiro atoms. The first-order chi connectivity index (χ1) is 11.6. The Kier molecular flexibility index (Phi) is 7.42. The fourth-order valence-corrected chi connectivity index (χ4v) is 2.97. The second-order valence-electron chi connectivity index (χ2n) is 4.66. The number of thiocarbonyl (C=S) groups is 1. The number of nitrogens with one attached hydrogen (secondary N) is 3. The summed E-state index contributed by atoms with van der Waals surface area (Å²) in [7, 11) is 0. The van der Waals surface area contributed by atoms with Crippen molar-refractivity contribution in [2.45, 2.75) is 9.96 Å². The third kappa shape index (κ3) is 6.62. The molecule has 1 amide bonds. The van der Waals surface area contributed by atoms with Crippen molar-refractivity contribution in [3.05, 3.63) is 51.3 Å². The van der Waals surface area contributed by atoms with Gasteiger partial charge in [-0.15, -0.1) is 0 Å². The number of halogens is 5. The third-order valence-corrected chi connectivity index (χ3v) is 4.55. The Morgan fingerprint density at radius 3 is 2.44 bits per heavy atom. The van der Waals surface area contributed by atoms with Crippen molar-refractivity contribution < 1.29 is 9.21 Å². The Hall–Kier alpha value is -0.510. The number of amides is 1. The minimum atomic E-state index is -1.86. The van der Waals surface area contributed by atoms with E-state index in [2.05, 4.69) is 47.8 Å². The lowest BCUT2D eigenvalue weighted by molar-refractivity contribution is 0.0905. The van der Waals surface area contributed by atoms with E-state index in [4.69, 9.17) is 51.4 Å². The van der Waals surface area contributed by atoms with Crippen LogP contribution in [0.15, 0.2) is 50.0 Å². The SMILES string of the molecule is O=C(NC(NC(=S)Nc1cccc(Br)c1)C(Cl)(Cl)Cl)c1ccc(Br)o1. The molecule has 5 nitrogen and oxygen atoms in total. The Labute approximate surface area is 181 Å². The van der Waals surface area contributed by atoms with Gasteiger partial charge in [-0.3, -0.25) is 4.79 Å². The van der Waals surface area contributed by atoms with Crippen LogP contribution >= 0.6 is 78.9 Å². The van der Waals surface area contributed by atoms with Crippen LogP contribution in [-0.4, -0.2) is 21.0 Å². The first-order valence-electron chi connectivity index (χ1n) is 6.61. The van der Waals surface area contributed by atoms with Gasteiger partial charge in [0.25, 0.3) is 5.91 Å². The molecular formula is C14H10Br2Cl3N3O2S. The van der Waals surface area contributed by atoms with E-state index in [0.717, 1.165) is 10.2 Å². The van der Waals surface area contributed by atoms with Crippen molar-refractivity contribution in [1.82, 2.24) is 10.6 Å². The first kappa shape index (κ1) is 20.8. The molecule has 11 heteroatoms. The number of furan rings is 1. The maximum absolute atomic E-state index is 12.2. The fourth-order valence-electron chi connectivity index (χ4n) is 1.70. The van der Waals surface area contributed by atoms with E-state index in [0.29, 0.717) is 4.67 Å². The second-order valence-corrected chi connectivity index (χ2v) is 9.14. The van der Waals surface area contributed by atoms with Gasteiger partial charge in [-0.1, -0.05) is 56.8 Å². The zero-order valence-electron chi connectivity index (χ0n) is 12.2. The van der Waals surface area contributed by atoms with Gasteiger partial charge in [0.05, 0.1) is 0 Å². The molecule has 25 heavy (non-hydrogen) atoms. The highest BCUT2D eigenvalue weighted by molar-refractivity contribution is 9.10. The standard InChI is InChI=1S/C14H10Br2Cl3N3O2S/c15-7-2-1-3-8(6-7)20-13(25)22-12(14(17,18)19)21-11(23)9-4-5-10(16)24-9/h1-6,12H,(H,21,23)(H2,20,22,25). The number of rotatable bonds is 4. The Balaban J connectivity index is 2.04. The van der Waals surface area contributed by atoms with E-state index in [9.17, 15) is 4.79 Å². The molecule has 2 aromatic rings. The van der Waals surface area contributed by atoms with Gasteiger partial charge in [-0.2, -0.15) is 0 Å². The molecule has 0 saturated carbocycles. The van der Waals surface area contributed by atoms with E-state index >= 15 is 0 Å². The van der Waals surface area contributed by atoms with E-state index in [-0.39, 0.29) is 10.9 Å². The minimum Gasteiger partial charge on any atom is -0.444 e. The summed E-state index contributed by atoms with van der Waals surface area (Å²) in [5.74, 6) is -0.515. The highest BCUT2D eigenvalue weighted by Gasteiger charge is 2.35. The maximum atomic E-state index is 12.2. The van der Waals surface area contributed by atoms with Gasteiger partial charge < -0.3 is 20.4 Å². The summed E-state index contributed by atoms with van der Waals surface area (Å²) in [5, 5.41) is 8.37. The van der Waals surface area contributed by atoms with Crippen LogP contribution in [0.25, 0.3) is 0 Å². The molecule has 0 saturated heterocycles. The molecular weight excluding hydrogens is 540 g/mol. The van der Waals surface area contributed by atoms with E-state index in [1.807, 2.05) is 24.3 Å². The molecule has 0 fully saturated rings. The summed E-state index contributed by atoms with van der Waals surface area (Å²) < 4.78 is 4.58. The Morgan fingerprint density at radius 2 is 1.88 bits per heavy atom. The highest BCUT2D eigenvalue weighted by atomic mass is 79.9. The molecule has 1 aromatic heterocycles. The number of hydrogen-bond donors (Lipinski definition) is 3. The smallest absolute Gasteiger partial charge is 0.288 e. The van der Waals surface area contributed by atoms with Crippen LogP contribution in [0.3, 0.4) is 0 Å². The topological polar surface area (TPSA) is 66.3 Å². The molecule has 0 aliphatic rings. The van der Waals surface area contributed by atoms with Crippen molar-refractivity contribution in [3.63, 3.8) is 0 Å². The van der Waals surface area contributed by atoms with Crippen LogP contribution in [0, 0.1) is 0 Å². The maximum Gasteiger partial charge on any atom is 0.288 e. The zero-order chi connectivity index (χ0) is 18.6. The molecule has 0 aliphatic heterocycles. The molecule has 0 aliphatic carbocycles. The first-order valence-corrected chi connectivity index (χ1v) is 9.74. The second kappa shape index (κ2) is 8.92.